The molecule has 1 fully saturated rings. The first kappa shape index (κ1) is 27.6. The van der Waals surface area contributed by atoms with Crippen LogP contribution in [-0.4, -0.2) is 24.9 Å². The standard InChI is InChI=1S/C25H4F6N10/c26-21-20(22(27)24(28)41-23(21)25(29,30)31)14(3-34)19-17(12(1-32)10-6-37-15(4-35)38-7-10)18(19)13(2-33)11-8-39-16(5-36)40-9-11/h6-9H. The summed E-state index contributed by atoms with van der Waals surface area (Å²) in [4.78, 5) is 17.1. The van der Waals surface area contributed by atoms with E-state index in [4.69, 9.17) is 10.5 Å². The average molecular weight is 558 g/mol. The van der Waals surface area contributed by atoms with Gasteiger partial charge in [-0.2, -0.15) is 43.9 Å². The van der Waals surface area contributed by atoms with Gasteiger partial charge in [-0.1, -0.05) is 0 Å². The molecule has 10 nitrogen and oxygen atoms in total. The molecule has 3 aromatic heterocycles. The summed E-state index contributed by atoms with van der Waals surface area (Å²) in [6.07, 6.45) is -1.58. The second-order valence-corrected chi connectivity index (χ2v) is 7.65. The minimum Gasteiger partial charge on any atom is -0.227 e. The molecule has 0 bridgehead atoms. The smallest absolute Gasteiger partial charge is 0.227 e. The van der Waals surface area contributed by atoms with Gasteiger partial charge in [0.2, 0.25) is 17.6 Å². The predicted molar refractivity (Wildman–Crippen MR) is 120 cm³/mol. The quantitative estimate of drug-likeness (QED) is 0.258. The Hall–Kier alpha value is -6.44. The molecule has 1 saturated carbocycles. The topological polar surface area (TPSA) is 183 Å². The molecule has 1 aliphatic rings. The molecule has 1 aliphatic carbocycles. The lowest BCUT2D eigenvalue weighted by Crippen LogP contribution is -2.16. The first-order chi connectivity index (χ1) is 19.5. The maximum atomic E-state index is 15.0. The zero-order valence-corrected chi connectivity index (χ0v) is 19.5. The largest absolute Gasteiger partial charge is 0.436 e. The Morgan fingerprint density at radius 3 is 1.34 bits per heavy atom. The number of hydrogen-bond donors (Lipinski definition) is 0. The molecule has 0 radical (unpaired) electrons. The van der Waals surface area contributed by atoms with Gasteiger partial charge >= 0.3 is 6.18 Å². The van der Waals surface area contributed by atoms with Gasteiger partial charge in [0.25, 0.3) is 0 Å². The van der Waals surface area contributed by atoms with Crippen molar-refractivity contribution in [3.8, 4) is 30.3 Å². The van der Waals surface area contributed by atoms with Crippen LogP contribution in [0.2, 0.25) is 0 Å². The van der Waals surface area contributed by atoms with Gasteiger partial charge < -0.3 is 0 Å². The monoisotopic (exact) mass is 558 g/mol. The van der Waals surface area contributed by atoms with Crippen molar-refractivity contribution in [2.45, 2.75) is 6.18 Å². The first-order valence-corrected chi connectivity index (χ1v) is 10.5. The van der Waals surface area contributed by atoms with Crippen LogP contribution in [0.3, 0.4) is 0 Å². The van der Waals surface area contributed by atoms with E-state index in [0.29, 0.717) is 0 Å². The van der Waals surface area contributed by atoms with Crippen LogP contribution in [0.5, 0.6) is 0 Å². The lowest BCUT2D eigenvalue weighted by Gasteiger charge is -2.11. The third kappa shape index (κ3) is 4.79. The number of rotatable bonds is 3. The molecular formula is C25H4F6N10. The second-order valence-electron chi connectivity index (χ2n) is 7.65. The highest BCUT2D eigenvalue weighted by Gasteiger charge is 2.45. The minimum absolute atomic E-state index is 0.113. The highest BCUT2D eigenvalue weighted by Crippen LogP contribution is 2.56. The van der Waals surface area contributed by atoms with Crippen molar-refractivity contribution in [3.63, 3.8) is 0 Å². The Balaban J connectivity index is 2.17. The molecular weight excluding hydrogens is 554 g/mol. The van der Waals surface area contributed by atoms with Crippen LogP contribution >= 0.6 is 0 Å². The number of pyridine rings is 1. The molecule has 41 heavy (non-hydrogen) atoms. The fourth-order valence-electron chi connectivity index (χ4n) is 3.66. The van der Waals surface area contributed by atoms with E-state index < -0.39 is 57.3 Å². The van der Waals surface area contributed by atoms with Crippen molar-refractivity contribution in [1.82, 2.24) is 24.9 Å². The molecule has 0 saturated heterocycles. The Bertz CT molecular complexity index is 1840. The summed E-state index contributed by atoms with van der Waals surface area (Å²) in [7, 11) is 0. The van der Waals surface area contributed by atoms with Crippen LogP contribution < -0.4 is 0 Å². The van der Waals surface area contributed by atoms with Gasteiger partial charge in [0.15, 0.2) is 17.3 Å². The summed E-state index contributed by atoms with van der Waals surface area (Å²) in [5, 5.41) is 47.5. The first-order valence-electron chi connectivity index (χ1n) is 10.5. The number of halogens is 6. The van der Waals surface area contributed by atoms with E-state index in [1.165, 1.54) is 6.07 Å². The van der Waals surface area contributed by atoms with E-state index in [9.17, 15) is 37.7 Å². The number of nitriles is 5. The fraction of sp³-hybridized carbons (Fsp3) is 0.0400. The normalized spacial score (nSPS) is 14.5. The Labute approximate surface area is 224 Å². The Morgan fingerprint density at radius 1 is 0.610 bits per heavy atom. The van der Waals surface area contributed by atoms with E-state index in [1.807, 2.05) is 0 Å². The molecule has 0 aliphatic heterocycles. The number of hydrogen-bond acceptors (Lipinski definition) is 10. The molecule has 0 N–H and O–H groups in total. The van der Waals surface area contributed by atoms with E-state index in [2.05, 4.69) is 24.9 Å². The molecule has 4 rings (SSSR count). The summed E-state index contributed by atoms with van der Waals surface area (Å²) in [5.74, 6) is -7.61. The van der Waals surface area contributed by atoms with Crippen LogP contribution in [0, 0.1) is 74.2 Å². The molecule has 0 spiro atoms. The van der Waals surface area contributed by atoms with Crippen LogP contribution in [0.1, 0.15) is 34.0 Å². The van der Waals surface area contributed by atoms with Crippen LogP contribution in [0.15, 0.2) is 41.5 Å². The third-order valence-corrected chi connectivity index (χ3v) is 5.41. The highest BCUT2D eigenvalue weighted by atomic mass is 19.4. The molecule has 3 aromatic rings. The van der Waals surface area contributed by atoms with Crippen LogP contribution in [0.25, 0.3) is 16.7 Å². The lowest BCUT2D eigenvalue weighted by atomic mass is 10.0. The van der Waals surface area contributed by atoms with Gasteiger partial charge in [0.05, 0.1) is 22.3 Å². The van der Waals surface area contributed by atoms with Gasteiger partial charge in [0.1, 0.15) is 30.3 Å². The van der Waals surface area contributed by atoms with Gasteiger partial charge in [-0.25, -0.2) is 33.7 Å². The van der Waals surface area contributed by atoms with Gasteiger partial charge in [-0.05, 0) is 0 Å². The maximum absolute atomic E-state index is 15.0. The molecule has 0 amide bonds. The van der Waals surface area contributed by atoms with Gasteiger partial charge in [0, 0.05) is 52.6 Å². The zero-order valence-electron chi connectivity index (χ0n) is 19.5. The number of nitrogens with zero attached hydrogens (tertiary/aromatic N) is 10. The van der Waals surface area contributed by atoms with Crippen LogP contribution in [-0.2, 0) is 6.18 Å². The Morgan fingerprint density at radius 2 is 1.00 bits per heavy atom. The SMILES string of the molecule is N#CC(=C1C(=C(C#N)c2cnc(C#N)nc2)C1=C(C#N)c1c(F)c(F)nc(C(F)(F)F)c1F)c1cnc(C#N)nc1. The molecule has 0 unspecified atom stereocenters. The van der Waals surface area contributed by atoms with Crippen molar-refractivity contribution in [1.29, 1.82) is 26.3 Å². The number of aromatic nitrogens is 5. The van der Waals surface area contributed by atoms with E-state index >= 15 is 4.39 Å². The van der Waals surface area contributed by atoms with Crippen molar-refractivity contribution >= 4 is 16.7 Å². The van der Waals surface area contributed by atoms with Crippen molar-refractivity contribution in [2.75, 3.05) is 0 Å². The van der Waals surface area contributed by atoms with Crippen molar-refractivity contribution in [3.05, 3.63) is 93.1 Å². The van der Waals surface area contributed by atoms with Crippen LogP contribution in [0.4, 0.5) is 26.3 Å². The second kappa shape index (κ2) is 10.4. The van der Waals surface area contributed by atoms with E-state index in [0.717, 1.165) is 24.8 Å². The van der Waals surface area contributed by atoms with E-state index in [-0.39, 0.29) is 33.9 Å². The summed E-state index contributed by atoms with van der Waals surface area (Å²) in [5.41, 5.74) is -7.70. The molecule has 3 heterocycles. The van der Waals surface area contributed by atoms with Crippen molar-refractivity contribution < 1.29 is 26.3 Å². The van der Waals surface area contributed by atoms with Crippen molar-refractivity contribution in [2.24, 2.45) is 0 Å². The number of allylic oxidation sites excluding steroid dienone is 6. The average Bonchev–Trinajstić information content (AvgIpc) is 3.67. The van der Waals surface area contributed by atoms with E-state index in [1.54, 1.807) is 24.3 Å². The third-order valence-electron chi connectivity index (χ3n) is 5.41. The summed E-state index contributed by atoms with van der Waals surface area (Å²) in [6.45, 7) is 0. The fourth-order valence-corrected chi connectivity index (χ4v) is 3.66. The summed E-state index contributed by atoms with van der Waals surface area (Å²) >= 11 is 0. The summed E-state index contributed by atoms with van der Waals surface area (Å²) < 4.78 is 84.0. The maximum Gasteiger partial charge on any atom is 0.436 e. The van der Waals surface area contributed by atoms with Gasteiger partial charge in [-0.3, -0.25) is 0 Å². The zero-order chi connectivity index (χ0) is 30.1. The minimum atomic E-state index is -5.59. The number of alkyl halides is 3. The molecule has 196 valence electrons. The molecule has 0 atom stereocenters. The highest BCUT2D eigenvalue weighted by molar-refractivity contribution is 6.12. The lowest BCUT2D eigenvalue weighted by molar-refractivity contribution is -0.144. The van der Waals surface area contributed by atoms with Gasteiger partial charge in [-0.15, -0.1) is 0 Å². The Kier molecular flexibility index (Phi) is 6.98. The molecule has 0 aromatic carbocycles. The predicted octanol–water partition coefficient (Wildman–Crippen LogP) is 4.09. The molecule has 16 heteroatoms. The summed E-state index contributed by atoms with van der Waals surface area (Å²) in [6, 6.07) is 8.07.